The minimum absolute atomic E-state index is 0.0921. The second-order valence-electron chi connectivity index (χ2n) is 6.85. The molecule has 0 saturated heterocycles. The summed E-state index contributed by atoms with van der Waals surface area (Å²) < 4.78 is 0. The first-order valence-electron chi connectivity index (χ1n) is 9.25. The van der Waals surface area contributed by atoms with E-state index in [1.165, 1.54) is 12.1 Å². The van der Waals surface area contributed by atoms with E-state index in [4.69, 9.17) is 0 Å². The molecular formula is C22H20N2O5-2. The first-order chi connectivity index (χ1) is 14.0. The summed E-state index contributed by atoms with van der Waals surface area (Å²) in [5.41, 5.74) is 1.68. The lowest BCUT2D eigenvalue weighted by Gasteiger charge is -2.28. The largest absolute Gasteiger partial charge is 0.550 e. The van der Waals surface area contributed by atoms with Crippen molar-refractivity contribution in [2.75, 3.05) is 10.6 Å². The van der Waals surface area contributed by atoms with Gasteiger partial charge in [-0.25, -0.2) is 0 Å². The van der Waals surface area contributed by atoms with Gasteiger partial charge in [-0.2, -0.15) is 0 Å². The molecule has 0 radical (unpaired) electrons. The molecular weight excluding hydrogens is 372 g/mol. The SMILES string of the molecule is O=C([O-])c1ccc(NCc2ccccc2)c(NC(=O)[C@@H]2CC=CC[C@@H]2C(=O)[O-])c1. The summed E-state index contributed by atoms with van der Waals surface area (Å²) in [6.45, 7) is 0.461. The molecule has 7 heteroatoms. The standard InChI is InChI=1S/C22H22N2O5/c25-20(16-8-4-5-9-17(16)22(28)29)24-19-12-15(21(26)27)10-11-18(19)23-13-14-6-2-1-3-7-14/h1-7,10-12,16-17,23H,8-9,13H2,(H,24,25)(H,26,27)(H,28,29)/p-2/t16-,17+/m1/s1. The third-order valence-corrected chi connectivity index (χ3v) is 4.91. The summed E-state index contributed by atoms with van der Waals surface area (Å²) in [4.78, 5) is 35.4. The molecule has 3 rings (SSSR count). The Balaban J connectivity index is 1.82. The van der Waals surface area contributed by atoms with Crippen molar-refractivity contribution in [1.82, 2.24) is 0 Å². The highest BCUT2D eigenvalue weighted by molar-refractivity contribution is 5.99. The van der Waals surface area contributed by atoms with E-state index in [0.717, 1.165) is 5.56 Å². The van der Waals surface area contributed by atoms with E-state index in [0.29, 0.717) is 12.2 Å². The summed E-state index contributed by atoms with van der Waals surface area (Å²) in [6.07, 6.45) is 3.97. The van der Waals surface area contributed by atoms with Gasteiger partial charge in [0, 0.05) is 18.4 Å². The van der Waals surface area contributed by atoms with Crippen LogP contribution in [0.4, 0.5) is 11.4 Å². The van der Waals surface area contributed by atoms with Crippen LogP contribution in [0.5, 0.6) is 0 Å². The van der Waals surface area contributed by atoms with Gasteiger partial charge in [-0.05, 0) is 36.1 Å². The molecule has 29 heavy (non-hydrogen) atoms. The Morgan fingerprint density at radius 2 is 1.59 bits per heavy atom. The Morgan fingerprint density at radius 1 is 0.897 bits per heavy atom. The summed E-state index contributed by atoms with van der Waals surface area (Å²) in [6, 6.07) is 13.8. The van der Waals surface area contributed by atoms with Gasteiger partial charge < -0.3 is 30.4 Å². The Morgan fingerprint density at radius 3 is 2.24 bits per heavy atom. The third kappa shape index (κ3) is 5.01. The molecule has 0 bridgehead atoms. The molecule has 0 unspecified atom stereocenters. The number of anilines is 2. The molecule has 0 heterocycles. The predicted octanol–water partition coefficient (Wildman–Crippen LogP) is 0.933. The Bertz CT molecular complexity index is 939. The number of hydrogen-bond acceptors (Lipinski definition) is 6. The van der Waals surface area contributed by atoms with E-state index < -0.39 is 29.7 Å². The number of benzene rings is 2. The van der Waals surface area contributed by atoms with Crippen LogP contribution in [-0.2, 0) is 16.1 Å². The normalized spacial score (nSPS) is 18.1. The van der Waals surface area contributed by atoms with Crippen LogP contribution in [0.25, 0.3) is 0 Å². The summed E-state index contributed by atoms with van der Waals surface area (Å²) in [7, 11) is 0. The van der Waals surface area contributed by atoms with Crippen LogP contribution in [0, 0.1) is 11.8 Å². The second-order valence-corrected chi connectivity index (χ2v) is 6.85. The van der Waals surface area contributed by atoms with Crippen LogP contribution in [0.15, 0.2) is 60.7 Å². The number of aromatic carboxylic acids is 1. The van der Waals surface area contributed by atoms with Gasteiger partial charge in [-0.15, -0.1) is 0 Å². The van der Waals surface area contributed by atoms with Gasteiger partial charge in [0.1, 0.15) is 0 Å². The van der Waals surface area contributed by atoms with Crippen LogP contribution in [0.1, 0.15) is 28.8 Å². The number of rotatable bonds is 7. The van der Waals surface area contributed by atoms with Crippen molar-refractivity contribution in [2.24, 2.45) is 11.8 Å². The number of aliphatic carboxylic acids is 1. The quantitative estimate of drug-likeness (QED) is 0.676. The lowest BCUT2D eigenvalue weighted by Crippen LogP contribution is -2.41. The maximum Gasteiger partial charge on any atom is 0.228 e. The van der Waals surface area contributed by atoms with Crippen molar-refractivity contribution in [2.45, 2.75) is 19.4 Å². The van der Waals surface area contributed by atoms with Crippen LogP contribution >= 0.6 is 0 Å². The molecule has 2 aromatic carbocycles. The zero-order valence-corrected chi connectivity index (χ0v) is 15.6. The van der Waals surface area contributed by atoms with Crippen molar-refractivity contribution >= 4 is 29.2 Å². The van der Waals surface area contributed by atoms with E-state index in [-0.39, 0.29) is 24.1 Å². The monoisotopic (exact) mass is 392 g/mol. The topological polar surface area (TPSA) is 121 Å². The molecule has 0 saturated carbocycles. The molecule has 1 aliphatic rings. The van der Waals surface area contributed by atoms with Gasteiger partial charge in [-0.1, -0.05) is 48.6 Å². The number of carboxylic acid groups (broad SMARTS) is 2. The van der Waals surface area contributed by atoms with Gasteiger partial charge in [0.05, 0.1) is 23.3 Å². The molecule has 7 nitrogen and oxygen atoms in total. The Labute approximate surface area is 168 Å². The van der Waals surface area contributed by atoms with E-state index >= 15 is 0 Å². The van der Waals surface area contributed by atoms with Crippen molar-refractivity contribution in [3.8, 4) is 0 Å². The number of carboxylic acids is 2. The number of hydrogen-bond donors (Lipinski definition) is 2. The summed E-state index contributed by atoms with van der Waals surface area (Å²) >= 11 is 0. The first kappa shape index (κ1) is 20.1. The van der Waals surface area contributed by atoms with Gasteiger partial charge in [0.15, 0.2) is 0 Å². The van der Waals surface area contributed by atoms with Crippen LogP contribution in [0.2, 0.25) is 0 Å². The maximum absolute atomic E-state index is 12.8. The molecule has 0 aromatic heterocycles. The van der Waals surface area contributed by atoms with Crippen LogP contribution in [-0.4, -0.2) is 17.8 Å². The van der Waals surface area contributed by atoms with E-state index in [1.807, 2.05) is 30.3 Å². The second kappa shape index (κ2) is 9.05. The van der Waals surface area contributed by atoms with Gasteiger partial charge in [0.25, 0.3) is 0 Å². The van der Waals surface area contributed by atoms with Gasteiger partial charge >= 0.3 is 0 Å². The molecule has 0 fully saturated rings. The van der Waals surface area contributed by atoms with E-state index in [9.17, 15) is 24.6 Å². The Kier molecular flexibility index (Phi) is 6.29. The van der Waals surface area contributed by atoms with Crippen LogP contribution in [0.3, 0.4) is 0 Å². The average molecular weight is 392 g/mol. The van der Waals surface area contributed by atoms with Gasteiger partial charge in [0.2, 0.25) is 5.91 Å². The minimum atomic E-state index is -1.37. The fourth-order valence-electron chi connectivity index (χ4n) is 3.31. The lowest BCUT2D eigenvalue weighted by atomic mass is 9.82. The van der Waals surface area contributed by atoms with Crippen LogP contribution < -0.4 is 20.8 Å². The van der Waals surface area contributed by atoms with E-state index in [1.54, 1.807) is 18.2 Å². The lowest BCUT2D eigenvalue weighted by molar-refractivity contribution is -0.313. The number of carbonyl (C=O) groups excluding carboxylic acids is 3. The van der Waals surface area contributed by atoms with Crippen molar-refractivity contribution in [1.29, 1.82) is 0 Å². The predicted molar refractivity (Wildman–Crippen MR) is 104 cm³/mol. The van der Waals surface area contributed by atoms with Crippen molar-refractivity contribution in [3.63, 3.8) is 0 Å². The average Bonchev–Trinajstić information content (AvgIpc) is 2.73. The third-order valence-electron chi connectivity index (χ3n) is 4.91. The molecule has 1 amide bonds. The van der Waals surface area contributed by atoms with Crippen molar-refractivity contribution in [3.05, 3.63) is 71.8 Å². The highest BCUT2D eigenvalue weighted by Crippen LogP contribution is 2.29. The molecule has 1 aliphatic carbocycles. The smallest absolute Gasteiger partial charge is 0.228 e. The molecule has 0 aliphatic heterocycles. The van der Waals surface area contributed by atoms with Crippen molar-refractivity contribution < 1.29 is 24.6 Å². The number of carbonyl (C=O) groups is 3. The fourth-order valence-corrected chi connectivity index (χ4v) is 3.31. The van der Waals surface area contributed by atoms with E-state index in [2.05, 4.69) is 10.6 Å². The summed E-state index contributed by atoms with van der Waals surface area (Å²) in [5.74, 6) is -4.87. The minimum Gasteiger partial charge on any atom is -0.550 e. The number of amides is 1. The molecule has 2 aromatic rings. The molecule has 0 spiro atoms. The molecule has 150 valence electrons. The number of allylic oxidation sites excluding steroid dienone is 2. The number of nitrogens with one attached hydrogen (secondary N) is 2. The first-order valence-corrected chi connectivity index (χ1v) is 9.25. The summed E-state index contributed by atoms with van der Waals surface area (Å²) in [5, 5.41) is 28.4. The highest BCUT2D eigenvalue weighted by atomic mass is 16.4. The maximum atomic E-state index is 12.8. The Hall–Kier alpha value is -3.61. The zero-order valence-electron chi connectivity index (χ0n) is 15.6. The fraction of sp³-hybridized carbons (Fsp3) is 0.227. The molecule has 2 atom stereocenters. The molecule has 2 N–H and O–H groups in total. The van der Waals surface area contributed by atoms with Gasteiger partial charge in [-0.3, -0.25) is 4.79 Å². The highest BCUT2D eigenvalue weighted by Gasteiger charge is 2.30. The zero-order chi connectivity index (χ0) is 20.8.